The van der Waals surface area contributed by atoms with Crippen molar-refractivity contribution in [3.63, 3.8) is 0 Å². The van der Waals surface area contributed by atoms with Crippen molar-refractivity contribution in [3.05, 3.63) is 0 Å². The maximum absolute atomic E-state index is 5.12. The first kappa shape index (κ1) is 8.92. The summed E-state index contributed by atoms with van der Waals surface area (Å²) < 4.78 is 0. The molecule has 3 nitrogen and oxygen atoms in total. The van der Waals surface area contributed by atoms with Crippen LogP contribution in [-0.2, 0) is 0 Å². The lowest BCUT2D eigenvalue weighted by Crippen LogP contribution is -2.37. The Bertz CT molecular complexity index is 208. The standard InChI is InChI=1S/C9H15N3/c1-4-7-10-9(12(2)3)11-8-5-6-8/h1,8H,5-7H2,2-3H3,(H,10,11). The second-order valence-electron chi connectivity index (χ2n) is 3.16. The minimum atomic E-state index is 0.452. The van der Waals surface area contributed by atoms with Crippen molar-refractivity contribution in [1.29, 1.82) is 0 Å². The lowest BCUT2D eigenvalue weighted by Gasteiger charge is -2.16. The molecule has 0 aliphatic heterocycles. The third-order valence-corrected chi connectivity index (χ3v) is 1.65. The van der Waals surface area contributed by atoms with Gasteiger partial charge in [0, 0.05) is 20.1 Å². The first-order chi connectivity index (χ1) is 5.74. The zero-order valence-electron chi connectivity index (χ0n) is 7.67. The van der Waals surface area contributed by atoms with E-state index in [9.17, 15) is 0 Å². The van der Waals surface area contributed by atoms with Crippen LogP contribution in [0.3, 0.4) is 0 Å². The van der Waals surface area contributed by atoms with Gasteiger partial charge in [-0.2, -0.15) is 0 Å². The second-order valence-corrected chi connectivity index (χ2v) is 3.16. The summed E-state index contributed by atoms with van der Waals surface area (Å²) in [6.07, 6.45) is 7.63. The zero-order valence-corrected chi connectivity index (χ0v) is 7.67. The lowest BCUT2D eigenvalue weighted by atomic mass is 10.6. The van der Waals surface area contributed by atoms with Crippen molar-refractivity contribution in [2.45, 2.75) is 18.9 Å². The molecule has 0 unspecified atom stereocenters. The Labute approximate surface area is 73.9 Å². The molecule has 0 aromatic carbocycles. The number of nitrogens with one attached hydrogen (secondary N) is 1. The molecular weight excluding hydrogens is 150 g/mol. The molecule has 1 saturated carbocycles. The van der Waals surface area contributed by atoms with Crippen LogP contribution in [0.25, 0.3) is 0 Å². The van der Waals surface area contributed by atoms with Gasteiger partial charge in [0.25, 0.3) is 0 Å². The van der Waals surface area contributed by atoms with Crippen molar-refractivity contribution in [1.82, 2.24) is 10.2 Å². The van der Waals surface area contributed by atoms with Gasteiger partial charge in [-0.05, 0) is 12.8 Å². The van der Waals surface area contributed by atoms with Crippen LogP contribution in [0.4, 0.5) is 0 Å². The molecule has 0 amide bonds. The van der Waals surface area contributed by atoms with Crippen LogP contribution < -0.4 is 5.32 Å². The summed E-state index contributed by atoms with van der Waals surface area (Å²) in [6, 6.07) is 0.629. The fourth-order valence-corrected chi connectivity index (χ4v) is 0.847. The summed E-state index contributed by atoms with van der Waals surface area (Å²) >= 11 is 0. The van der Waals surface area contributed by atoms with Crippen LogP contribution in [0.5, 0.6) is 0 Å². The zero-order chi connectivity index (χ0) is 8.97. The molecular formula is C9H15N3. The van der Waals surface area contributed by atoms with E-state index in [4.69, 9.17) is 6.42 Å². The Kier molecular flexibility index (Phi) is 2.98. The van der Waals surface area contributed by atoms with E-state index in [0.717, 1.165) is 5.96 Å². The van der Waals surface area contributed by atoms with Crippen molar-refractivity contribution in [2.75, 3.05) is 20.6 Å². The maximum atomic E-state index is 5.12. The molecule has 1 N–H and O–H groups in total. The van der Waals surface area contributed by atoms with Crippen LogP contribution >= 0.6 is 0 Å². The molecule has 0 aromatic heterocycles. The third kappa shape index (κ3) is 2.83. The van der Waals surface area contributed by atoms with Crippen LogP contribution in [0.15, 0.2) is 4.99 Å². The highest BCUT2D eigenvalue weighted by Crippen LogP contribution is 2.18. The molecule has 0 aromatic rings. The predicted molar refractivity (Wildman–Crippen MR) is 51.0 cm³/mol. The van der Waals surface area contributed by atoms with Crippen LogP contribution in [-0.4, -0.2) is 37.5 Å². The summed E-state index contributed by atoms with van der Waals surface area (Å²) in [5.41, 5.74) is 0. The molecule has 0 saturated heterocycles. The minimum absolute atomic E-state index is 0.452. The summed E-state index contributed by atoms with van der Waals surface area (Å²) in [4.78, 5) is 6.17. The van der Waals surface area contributed by atoms with Crippen molar-refractivity contribution < 1.29 is 0 Å². The second kappa shape index (κ2) is 4.01. The minimum Gasteiger partial charge on any atom is -0.353 e. The summed E-state index contributed by atoms with van der Waals surface area (Å²) in [5, 5.41) is 3.31. The smallest absolute Gasteiger partial charge is 0.194 e. The molecule has 1 aliphatic carbocycles. The van der Waals surface area contributed by atoms with Crippen molar-refractivity contribution in [3.8, 4) is 12.3 Å². The first-order valence-corrected chi connectivity index (χ1v) is 4.16. The monoisotopic (exact) mass is 165 g/mol. The van der Waals surface area contributed by atoms with E-state index in [1.807, 2.05) is 19.0 Å². The summed E-state index contributed by atoms with van der Waals surface area (Å²) in [6.45, 7) is 0.452. The van der Waals surface area contributed by atoms with Gasteiger partial charge in [0.15, 0.2) is 5.96 Å². The molecule has 1 fully saturated rings. The number of aliphatic imine (C=N–C) groups is 1. The average molecular weight is 165 g/mol. The molecule has 3 heteroatoms. The van der Waals surface area contributed by atoms with Gasteiger partial charge >= 0.3 is 0 Å². The van der Waals surface area contributed by atoms with Crippen LogP contribution in [0.1, 0.15) is 12.8 Å². The molecule has 12 heavy (non-hydrogen) atoms. The highest BCUT2D eigenvalue weighted by Gasteiger charge is 2.22. The number of nitrogens with zero attached hydrogens (tertiary/aromatic N) is 2. The maximum Gasteiger partial charge on any atom is 0.194 e. The van der Waals surface area contributed by atoms with Gasteiger partial charge in [-0.25, -0.2) is 4.99 Å². The van der Waals surface area contributed by atoms with E-state index in [1.54, 1.807) is 0 Å². The fourth-order valence-electron chi connectivity index (χ4n) is 0.847. The van der Waals surface area contributed by atoms with E-state index in [1.165, 1.54) is 12.8 Å². The van der Waals surface area contributed by atoms with Gasteiger partial charge in [0.1, 0.15) is 6.54 Å². The topological polar surface area (TPSA) is 27.6 Å². The van der Waals surface area contributed by atoms with E-state index in [0.29, 0.717) is 12.6 Å². The Morgan fingerprint density at radius 3 is 2.75 bits per heavy atom. The van der Waals surface area contributed by atoms with Gasteiger partial charge in [-0.1, -0.05) is 5.92 Å². The summed E-state index contributed by atoms with van der Waals surface area (Å²) in [5.74, 6) is 3.39. The van der Waals surface area contributed by atoms with Crippen molar-refractivity contribution >= 4 is 5.96 Å². The molecule has 66 valence electrons. The van der Waals surface area contributed by atoms with E-state index >= 15 is 0 Å². The molecule has 0 bridgehead atoms. The molecule has 1 aliphatic rings. The fraction of sp³-hybridized carbons (Fsp3) is 0.667. The predicted octanol–water partition coefficient (Wildman–Crippen LogP) is 0.289. The van der Waals surface area contributed by atoms with E-state index in [2.05, 4.69) is 16.2 Å². The Hall–Kier alpha value is -1.17. The highest BCUT2D eigenvalue weighted by molar-refractivity contribution is 5.80. The quantitative estimate of drug-likeness (QED) is 0.362. The van der Waals surface area contributed by atoms with Crippen LogP contribution in [0, 0.1) is 12.3 Å². The van der Waals surface area contributed by atoms with Gasteiger partial charge in [-0.3, -0.25) is 0 Å². The first-order valence-electron chi connectivity index (χ1n) is 4.16. The highest BCUT2D eigenvalue weighted by atomic mass is 15.3. The third-order valence-electron chi connectivity index (χ3n) is 1.65. The summed E-state index contributed by atoms with van der Waals surface area (Å²) in [7, 11) is 3.93. The molecule has 0 radical (unpaired) electrons. The number of hydrogen-bond acceptors (Lipinski definition) is 1. The van der Waals surface area contributed by atoms with Crippen molar-refractivity contribution in [2.24, 2.45) is 4.99 Å². The number of hydrogen-bond donors (Lipinski definition) is 1. The van der Waals surface area contributed by atoms with E-state index < -0.39 is 0 Å². The Morgan fingerprint density at radius 2 is 2.33 bits per heavy atom. The SMILES string of the molecule is C#CCN=C(NC1CC1)N(C)C. The number of rotatable bonds is 2. The average Bonchev–Trinajstić information content (AvgIpc) is 2.80. The Balaban J connectivity index is 2.42. The van der Waals surface area contributed by atoms with Crippen LogP contribution in [0.2, 0.25) is 0 Å². The van der Waals surface area contributed by atoms with E-state index in [-0.39, 0.29) is 0 Å². The molecule has 0 spiro atoms. The van der Waals surface area contributed by atoms with Gasteiger partial charge in [0.05, 0.1) is 0 Å². The molecule has 1 rings (SSSR count). The largest absolute Gasteiger partial charge is 0.353 e. The lowest BCUT2D eigenvalue weighted by molar-refractivity contribution is 0.580. The Morgan fingerprint density at radius 1 is 1.67 bits per heavy atom. The molecule has 0 heterocycles. The number of terminal acetylenes is 1. The van der Waals surface area contributed by atoms with Gasteiger partial charge in [0.2, 0.25) is 0 Å². The van der Waals surface area contributed by atoms with Gasteiger partial charge < -0.3 is 10.2 Å². The normalized spacial score (nSPS) is 16.9. The number of guanidine groups is 1. The van der Waals surface area contributed by atoms with Gasteiger partial charge in [-0.15, -0.1) is 6.42 Å². The molecule has 0 atom stereocenters.